The second-order valence-electron chi connectivity index (χ2n) is 3.26. The average molecular weight is 179 g/mol. The molecule has 0 bridgehead atoms. The summed E-state index contributed by atoms with van der Waals surface area (Å²) < 4.78 is 5.47. The van der Waals surface area contributed by atoms with E-state index in [2.05, 4.69) is 13.0 Å². The van der Waals surface area contributed by atoms with Gasteiger partial charge < -0.3 is 10.5 Å². The molecule has 0 aliphatic carbocycles. The Bertz CT molecular complexity index is 281. The Labute approximate surface area is 79.7 Å². The molecular weight excluding hydrogens is 162 g/mol. The molecule has 1 aromatic rings. The third-order valence-electron chi connectivity index (χ3n) is 1.96. The molecule has 1 atom stereocenters. The van der Waals surface area contributed by atoms with Gasteiger partial charge in [0, 0.05) is 11.6 Å². The lowest BCUT2D eigenvalue weighted by atomic mass is 10.1. The minimum atomic E-state index is 0.0291. The van der Waals surface area contributed by atoms with Gasteiger partial charge in [-0.15, -0.1) is 0 Å². The molecule has 0 heterocycles. The van der Waals surface area contributed by atoms with Crippen LogP contribution in [0, 0.1) is 6.92 Å². The van der Waals surface area contributed by atoms with Gasteiger partial charge in [-0.1, -0.05) is 17.7 Å². The van der Waals surface area contributed by atoms with Gasteiger partial charge in [0.05, 0.1) is 6.61 Å². The molecule has 0 aromatic heterocycles. The van der Waals surface area contributed by atoms with Gasteiger partial charge in [-0.3, -0.25) is 0 Å². The number of hydrogen-bond acceptors (Lipinski definition) is 2. The van der Waals surface area contributed by atoms with Gasteiger partial charge in [-0.25, -0.2) is 0 Å². The van der Waals surface area contributed by atoms with E-state index in [0.29, 0.717) is 6.61 Å². The van der Waals surface area contributed by atoms with E-state index in [1.165, 1.54) is 5.56 Å². The average Bonchev–Trinajstić information content (AvgIpc) is 2.08. The maximum absolute atomic E-state index is 5.83. The zero-order valence-corrected chi connectivity index (χ0v) is 8.50. The maximum atomic E-state index is 5.83. The number of hydrogen-bond donors (Lipinski definition) is 1. The van der Waals surface area contributed by atoms with Crippen molar-refractivity contribution in [3.8, 4) is 5.75 Å². The number of aryl methyl sites for hydroxylation is 1. The minimum Gasteiger partial charge on any atom is -0.494 e. The summed E-state index contributed by atoms with van der Waals surface area (Å²) in [5.74, 6) is 0.906. The molecule has 0 radical (unpaired) electrons. The molecule has 1 rings (SSSR count). The Hall–Kier alpha value is -1.02. The summed E-state index contributed by atoms with van der Waals surface area (Å²) in [5.41, 5.74) is 8.14. The second kappa shape index (κ2) is 4.28. The molecule has 0 saturated heterocycles. The largest absolute Gasteiger partial charge is 0.494 e. The van der Waals surface area contributed by atoms with Crippen LogP contribution in [-0.2, 0) is 0 Å². The highest BCUT2D eigenvalue weighted by molar-refractivity contribution is 5.38. The first-order valence-electron chi connectivity index (χ1n) is 4.64. The molecule has 0 unspecified atom stereocenters. The summed E-state index contributed by atoms with van der Waals surface area (Å²) in [5, 5.41) is 0. The summed E-state index contributed by atoms with van der Waals surface area (Å²) in [6.45, 7) is 6.69. The molecule has 0 fully saturated rings. The van der Waals surface area contributed by atoms with E-state index in [-0.39, 0.29) is 6.04 Å². The Kier molecular flexibility index (Phi) is 3.32. The fourth-order valence-electron chi connectivity index (χ4n) is 1.31. The Morgan fingerprint density at radius 1 is 1.46 bits per heavy atom. The summed E-state index contributed by atoms with van der Waals surface area (Å²) in [6, 6.07) is 6.13. The molecule has 0 aliphatic rings. The molecule has 1 aromatic carbocycles. The highest BCUT2D eigenvalue weighted by Crippen LogP contribution is 2.24. The van der Waals surface area contributed by atoms with Gasteiger partial charge in [0.2, 0.25) is 0 Å². The van der Waals surface area contributed by atoms with Crippen LogP contribution in [0.5, 0.6) is 5.75 Å². The fraction of sp³-hybridized carbons (Fsp3) is 0.455. The van der Waals surface area contributed by atoms with Gasteiger partial charge in [-0.2, -0.15) is 0 Å². The predicted octanol–water partition coefficient (Wildman–Crippen LogP) is 2.41. The van der Waals surface area contributed by atoms with Crippen LogP contribution in [-0.4, -0.2) is 6.61 Å². The minimum absolute atomic E-state index is 0.0291. The highest BCUT2D eigenvalue weighted by atomic mass is 16.5. The second-order valence-corrected chi connectivity index (χ2v) is 3.26. The van der Waals surface area contributed by atoms with Crippen molar-refractivity contribution in [2.45, 2.75) is 26.8 Å². The van der Waals surface area contributed by atoms with Gasteiger partial charge in [-0.05, 0) is 26.8 Å². The lowest BCUT2D eigenvalue weighted by Gasteiger charge is -2.13. The first kappa shape index (κ1) is 10.1. The van der Waals surface area contributed by atoms with Crippen molar-refractivity contribution in [3.05, 3.63) is 29.3 Å². The van der Waals surface area contributed by atoms with Crippen LogP contribution in [0.1, 0.15) is 31.0 Å². The number of benzene rings is 1. The van der Waals surface area contributed by atoms with Crippen LogP contribution in [0.2, 0.25) is 0 Å². The third-order valence-corrected chi connectivity index (χ3v) is 1.96. The molecular formula is C11H17NO. The van der Waals surface area contributed by atoms with Gasteiger partial charge in [0.1, 0.15) is 5.75 Å². The lowest BCUT2D eigenvalue weighted by molar-refractivity contribution is 0.334. The van der Waals surface area contributed by atoms with Crippen molar-refractivity contribution in [2.75, 3.05) is 6.61 Å². The normalized spacial score (nSPS) is 12.6. The van der Waals surface area contributed by atoms with Crippen molar-refractivity contribution in [3.63, 3.8) is 0 Å². The summed E-state index contributed by atoms with van der Waals surface area (Å²) in [4.78, 5) is 0. The third kappa shape index (κ3) is 2.46. The van der Waals surface area contributed by atoms with Crippen molar-refractivity contribution < 1.29 is 4.74 Å². The first-order valence-corrected chi connectivity index (χ1v) is 4.64. The molecule has 72 valence electrons. The molecule has 13 heavy (non-hydrogen) atoms. The van der Waals surface area contributed by atoms with E-state index in [4.69, 9.17) is 10.5 Å². The van der Waals surface area contributed by atoms with Crippen molar-refractivity contribution in [1.82, 2.24) is 0 Å². The van der Waals surface area contributed by atoms with Crippen LogP contribution in [0.3, 0.4) is 0 Å². The zero-order valence-electron chi connectivity index (χ0n) is 8.50. The van der Waals surface area contributed by atoms with E-state index in [0.717, 1.165) is 11.3 Å². The zero-order chi connectivity index (χ0) is 9.84. The smallest absolute Gasteiger partial charge is 0.124 e. The van der Waals surface area contributed by atoms with E-state index >= 15 is 0 Å². The highest BCUT2D eigenvalue weighted by Gasteiger charge is 2.07. The number of rotatable bonds is 3. The van der Waals surface area contributed by atoms with Crippen LogP contribution in [0.4, 0.5) is 0 Å². The maximum Gasteiger partial charge on any atom is 0.124 e. The molecule has 2 N–H and O–H groups in total. The van der Waals surface area contributed by atoms with Gasteiger partial charge >= 0.3 is 0 Å². The SMILES string of the molecule is CCOc1ccc(C)cc1[C@@H](C)N. The van der Waals surface area contributed by atoms with E-state index in [1.807, 2.05) is 26.0 Å². The van der Waals surface area contributed by atoms with E-state index < -0.39 is 0 Å². The molecule has 2 nitrogen and oxygen atoms in total. The van der Waals surface area contributed by atoms with Crippen molar-refractivity contribution in [1.29, 1.82) is 0 Å². The van der Waals surface area contributed by atoms with Crippen LogP contribution in [0.25, 0.3) is 0 Å². The standard InChI is InChI=1S/C11H17NO/c1-4-13-11-6-5-8(2)7-10(11)9(3)12/h5-7,9H,4,12H2,1-3H3/t9-/m1/s1. The number of ether oxygens (including phenoxy) is 1. The van der Waals surface area contributed by atoms with Gasteiger partial charge in [0.15, 0.2) is 0 Å². The van der Waals surface area contributed by atoms with Crippen LogP contribution < -0.4 is 10.5 Å². The number of nitrogens with two attached hydrogens (primary N) is 1. The first-order chi connectivity index (χ1) is 6.15. The fourth-order valence-corrected chi connectivity index (χ4v) is 1.31. The quantitative estimate of drug-likeness (QED) is 0.773. The Morgan fingerprint density at radius 2 is 2.15 bits per heavy atom. The van der Waals surface area contributed by atoms with Crippen LogP contribution >= 0.6 is 0 Å². The lowest BCUT2D eigenvalue weighted by Crippen LogP contribution is -2.08. The topological polar surface area (TPSA) is 35.2 Å². The Balaban J connectivity index is 3.03. The molecule has 0 aliphatic heterocycles. The Morgan fingerprint density at radius 3 is 2.69 bits per heavy atom. The molecule has 0 spiro atoms. The van der Waals surface area contributed by atoms with E-state index in [1.54, 1.807) is 0 Å². The van der Waals surface area contributed by atoms with Gasteiger partial charge in [0.25, 0.3) is 0 Å². The molecule has 0 saturated carbocycles. The summed E-state index contributed by atoms with van der Waals surface area (Å²) in [6.07, 6.45) is 0. The molecule has 2 heteroatoms. The monoisotopic (exact) mass is 179 g/mol. The summed E-state index contributed by atoms with van der Waals surface area (Å²) >= 11 is 0. The molecule has 0 amide bonds. The van der Waals surface area contributed by atoms with Crippen molar-refractivity contribution >= 4 is 0 Å². The van der Waals surface area contributed by atoms with Crippen molar-refractivity contribution in [2.24, 2.45) is 5.73 Å². The summed E-state index contributed by atoms with van der Waals surface area (Å²) in [7, 11) is 0. The predicted molar refractivity (Wildman–Crippen MR) is 55.0 cm³/mol. The van der Waals surface area contributed by atoms with E-state index in [9.17, 15) is 0 Å². The van der Waals surface area contributed by atoms with Crippen LogP contribution in [0.15, 0.2) is 18.2 Å².